The van der Waals surface area contributed by atoms with Gasteiger partial charge < -0.3 is 19.4 Å². The molecule has 0 bridgehead atoms. The van der Waals surface area contributed by atoms with Crippen molar-refractivity contribution in [3.8, 4) is 0 Å². The van der Waals surface area contributed by atoms with Gasteiger partial charge in [0.15, 0.2) is 0 Å². The number of hydrogen-bond acceptors (Lipinski definition) is 6. The number of furan rings is 1. The Labute approximate surface area is 211 Å². The van der Waals surface area contributed by atoms with Crippen LogP contribution in [0.5, 0.6) is 0 Å². The van der Waals surface area contributed by atoms with Crippen LogP contribution in [-0.4, -0.2) is 21.2 Å². The molecule has 2 atom stereocenters. The lowest BCUT2D eigenvalue weighted by atomic mass is 9.97. The molecule has 4 rings (SSSR count). The minimum absolute atomic E-state index is 0.0515. The second kappa shape index (κ2) is 10.7. The molecule has 3 aromatic heterocycles. The van der Waals surface area contributed by atoms with E-state index in [-0.39, 0.29) is 18.4 Å². The smallest absolute Gasteiger partial charge is 0.224 e. The molecule has 7 heteroatoms. The molecule has 0 fully saturated rings. The maximum Gasteiger partial charge on any atom is 0.224 e. The van der Waals surface area contributed by atoms with Crippen molar-refractivity contribution >= 4 is 16.9 Å². The fourth-order valence-corrected chi connectivity index (χ4v) is 4.68. The van der Waals surface area contributed by atoms with Gasteiger partial charge in [0.1, 0.15) is 23.2 Å². The number of pyridine rings is 1. The second-order valence-electron chi connectivity index (χ2n) is 10.1. The highest BCUT2D eigenvalue weighted by Gasteiger charge is 2.24. The molecule has 7 nitrogen and oxygen atoms in total. The minimum Gasteiger partial charge on any atom is -0.458 e. The van der Waals surface area contributed by atoms with E-state index in [1.807, 2.05) is 38.2 Å². The van der Waals surface area contributed by atoms with Crippen molar-refractivity contribution in [1.82, 2.24) is 15.5 Å². The molecule has 1 aromatic carbocycles. The standard InChI is InChI=1S/C29H35N3O4/c1-16(2)7-9-23(28-18(4)11-17(3)15-30-28)31-26(33)13-21-8-10-24-22(12-21)14-25(35-24)29(34)27-19(5)32-36-20(27)6/h8,10-12,14-16,23,29,34H,7,9,13H2,1-6H3,(H,31,33)/t23-,29?/m0/s1. The fourth-order valence-electron chi connectivity index (χ4n) is 4.68. The van der Waals surface area contributed by atoms with Crippen LogP contribution in [0.25, 0.3) is 11.0 Å². The molecule has 36 heavy (non-hydrogen) atoms. The topological polar surface area (TPSA) is 101 Å². The van der Waals surface area contributed by atoms with E-state index in [2.05, 4.69) is 35.4 Å². The van der Waals surface area contributed by atoms with E-state index in [0.29, 0.717) is 34.3 Å². The number of hydrogen-bond donors (Lipinski definition) is 2. The number of aliphatic hydroxyl groups excluding tert-OH is 1. The lowest BCUT2D eigenvalue weighted by Gasteiger charge is -2.21. The van der Waals surface area contributed by atoms with Crippen LogP contribution < -0.4 is 5.32 Å². The first kappa shape index (κ1) is 25.6. The number of rotatable bonds is 9. The van der Waals surface area contributed by atoms with Crippen molar-refractivity contribution in [1.29, 1.82) is 0 Å². The SMILES string of the molecule is Cc1cnc([C@H](CCC(C)C)NC(=O)Cc2ccc3oc(C(O)c4c(C)noc4C)cc3c2)c(C)c1. The Morgan fingerprint density at radius 3 is 2.53 bits per heavy atom. The van der Waals surface area contributed by atoms with E-state index in [4.69, 9.17) is 8.94 Å². The highest BCUT2D eigenvalue weighted by atomic mass is 16.5. The van der Waals surface area contributed by atoms with Gasteiger partial charge in [0.05, 0.1) is 29.4 Å². The average Bonchev–Trinajstić information content (AvgIpc) is 3.38. The Balaban J connectivity index is 1.51. The summed E-state index contributed by atoms with van der Waals surface area (Å²) in [5, 5.41) is 18.8. The first-order chi connectivity index (χ1) is 17.1. The van der Waals surface area contributed by atoms with Gasteiger partial charge in [0.2, 0.25) is 5.91 Å². The van der Waals surface area contributed by atoms with E-state index >= 15 is 0 Å². The third-order valence-electron chi connectivity index (χ3n) is 6.55. The van der Waals surface area contributed by atoms with E-state index in [1.54, 1.807) is 19.9 Å². The van der Waals surface area contributed by atoms with E-state index < -0.39 is 6.10 Å². The van der Waals surface area contributed by atoms with E-state index in [9.17, 15) is 9.90 Å². The maximum atomic E-state index is 13.1. The molecular formula is C29H35N3O4. The summed E-state index contributed by atoms with van der Waals surface area (Å²) in [5.41, 5.74) is 5.89. The van der Waals surface area contributed by atoms with Crippen LogP contribution in [0.3, 0.4) is 0 Å². The maximum absolute atomic E-state index is 13.1. The van der Waals surface area contributed by atoms with Crippen LogP contribution in [0, 0.1) is 33.6 Å². The molecule has 2 N–H and O–H groups in total. The van der Waals surface area contributed by atoms with Crippen molar-refractivity contribution in [2.24, 2.45) is 5.92 Å². The molecule has 0 saturated heterocycles. The Hall–Kier alpha value is -3.45. The molecule has 1 amide bonds. The highest BCUT2D eigenvalue weighted by Crippen LogP contribution is 2.32. The zero-order chi connectivity index (χ0) is 26.0. The molecule has 4 aromatic rings. The Kier molecular flexibility index (Phi) is 7.59. The summed E-state index contributed by atoms with van der Waals surface area (Å²) in [6.45, 7) is 12.0. The highest BCUT2D eigenvalue weighted by molar-refractivity contribution is 5.83. The van der Waals surface area contributed by atoms with Crippen LogP contribution in [0.2, 0.25) is 0 Å². The van der Waals surface area contributed by atoms with Gasteiger partial charge in [-0.25, -0.2) is 0 Å². The summed E-state index contributed by atoms with van der Waals surface area (Å²) in [6, 6.07) is 9.44. The number of aromatic nitrogens is 2. The number of nitrogens with one attached hydrogen (secondary N) is 1. The van der Waals surface area contributed by atoms with Gasteiger partial charge in [-0.05, 0) is 81.3 Å². The van der Waals surface area contributed by atoms with Crippen LogP contribution >= 0.6 is 0 Å². The largest absolute Gasteiger partial charge is 0.458 e. The number of aryl methyl sites for hydroxylation is 4. The number of nitrogens with zero attached hydrogens (tertiary/aromatic N) is 2. The number of carbonyl (C=O) groups excluding carboxylic acids is 1. The van der Waals surface area contributed by atoms with Crippen LogP contribution in [0.15, 0.2) is 45.5 Å². The molecule has 1 unspecified atom stereocenters. The van der Waals surface area contributed by atoms with Crippen molar-refractivity contribution in [3.63, 3.8) is 0 Å². The number of aliphatic hydroxyl groups is 1. The molecule has 3 heterocycles. The predicted molar refractivity (Wildman–Crippen MR) is 139 cm³/mol. The van der Waals surface area contributed by atoms with Gasteiger partial charge >= 0.3 is 0 Å². The molecule has 0 aliphatic heterocycles. The fraction of sp³-hybridized carbons (Fsp3) is 0.414. The Morgan fingerprint density at radius 1 is 1.08 bits per heavy atom. The van der Waals surface area contributed by atoms with Gasteiger partial charge in [-0.1, -0.05) is 31.1 Å². The molecule has 0 aliphatic carbocycles. The van der Waals surface area contributed by atoms with Gasteiger partial charge in [-0.15, -0.1) is 0 Å². The summed E-state index contributed by atoms with van der Waals surface area (Å²) in [4.78, 5) is 17.7. The summed E-state index contributed by atoms with van der Waals surface area (Å²) < 4.78 is 11.1. The van der Waals surface area contributed by atoms with Gasteiger partial charge in [-0.3, -0.25) is 9.78 Å². The Morgan fingerprint density at radius 2 is 1.86 bits per heavy atom. The molecule has 0 saturated carbocycles. The molecule has 0 aliphatic rings. The normalized spacial score (nSPS) is 13.3. The third kappa shape index (κ3) is 5.68. The summed E-state index contributed by atoms with van der Waals surface area (Å²) in [6.07, 6.45) is 2.97. The number of carbonyl (C=O) groups is 1. The van der Waals surface area contributed by atoms with Crippen molar-refractivity contribution in [2.75, 3.05) is 0 Å². The third-order valence-corrected chi connectivity index (χ3v) is 6.55. The van der Waals surface area contributed by atoms with Gasteiger partial charge in [-0.2, -0.15) is 0 Å². The molecule has 0 spiro atoms. The lowest BCUT2D eigenvalue weighted by molar-refractivity contribution is -0.121. The molecule has 0 radical (unpaired) electrons. The van der Waals surface area contributed by atoms with E-state index in [0.717, 1.165) is 40.6 Å². The van der Waals surface area contributed by atoms with Crippen molar-refractivity contribution in [3.05, 3.63) is 81.7 Å². The Bertz CT molecular complexity index is 1350. The predicted octanol–water partition coefficient (Wildman–Crippen LogP) is 5.97. The number of fused-ring (bicyclic) bond motifs is 1. The van der Waals surface area contributed by atoms with Gasteiger partial charge in [0, 0.05) is 11.6 Å². The lowest BCUT2D eigenvalue weighted by Crippen LogP contribution is -2.31. The van der Waals surface area contributed by atoms with Crippen LogP contribution in [0.1, 0.15) is 84.0 Å². The summed E-state index contributed by atoms with van der Waals surface area (Å²) in [5.74, 6) is 1.46. The monoisotopic (exact) mass is 489 g/mol. The van der Waals surface area contributed by atoms with E-state index in [1.165, 1.54) is 0 Å². The first-order valence-corrected chi connectivity index (χ1v) is 12.5. The molecular weight excluding hydrogens is 454 g/mol. The number of amides is 1. The summed E-state index contributed by atoms with van der Waals surface area (Å²) in [7, 11) is 0. The van der Waals surface area contributed by atoms with Crippen molar-refractivity contribution in [2.45, 2.75) is 73.0 Å². The summed E-state index contributed by atoms with van der Waals surface area (Å²) >= 11 is 0. The second-order valence-corrected chi connectivity index (χ2v) is 10.1. The zero-order valence-corrected chi connectivity index (χ0v) is 21.9. The number of benzene rings is 1. The first-order valence-electron chi connectivity index (χ1n) is 12.5. The van der Waals surface area contributed by atoms with Crippen LogP contribution in [0.4, 0.5) is 0 Å². The quantitative estimate of drug-likeness (QED) is 0.300. The van der Waals surface area contributed by atoms with Gasteiger partial charge in [0.25, 0.3) is 0 Å². The minimum atomic E-state index is -0.970. The van der Waals surface area contributed by atoms with Crippen LogP contribution in [-0.2, 0) is 11.2 Å². The molecule has 190 valence electrons. The van der Waals surface area contributed by atoms with Crippen molar-refractivity contribution < 1.29 is 18.8 Å². The average molecular weight is 490 g/mol. The zero-order valence-electron chi connectivity index (χ0n) is 21.9.